The highest BCUT2D eigenvalue weighted by atomic mass is 16.2. The molecule has 0 saturated heterocycles. The number of hydrogen-bond donors (Lipinski definition) is 4. The highest BCUT2D eigenvalue weighted by Crippen LogP contribution is 1.97. The van der Waals surface area contributed by atoms with Crippen LogP contribution in [-0.4, -0.2) is 45.0 Å². The molecule has 100 valence electrons. The second kappa shape index (κ2) is 11.3. The van der Waals surface area contributed by atoms with Crippen LogP contribution in [0.2, 0.25) is 0 Å². The summed E-state index contributed by atoms with van der Waals surface area (Å²) in [7, 11) is 1.94. The minimum atomic E-state index is -0.313. The normalized spacial score (nSPS) is 10.0. The quantitative estimate of drug-likeness (QED) is 0.369. The standard InChI is InChI=1S/C11H24N4O2/c1-13-6-4-2-3-5-7-14-11(17)9-15-10(16)8-12/h13H,2-9,12H2,1H3,(H,14,17)(H,15,16). The summed E-state index contributed by atoms with van der Waals surface area (Å²) in [6.07, 6.45) is 4.41. The van der Waals surface area contributed by atoms with Crippen molar-refractivity contribution in [1.82, 2.24) is 16.0 Å². The minimum absolute atomic E-state index is 0.00971. The van der Waals surface area contributed by atoms with E-state index in [9.17, 15) is 9.59 Å². The Morgan fingerprint density at radius 2 is 1.59 bits per heavy atom. The molecule has 0 aliphatic carbocycles. The summed E-state index contributed by atoms with van der Waals surface area (Å²) in [6.45, 7) is 1.63. The lowest BCUT2D eigenvalue weighted by Crippen LogP contribution is -2.39. The smallest absolute Gasteiger partial charge is 0.239 e. The van der Waals surface area contributed by atoms with E-state index < -0.39 is 0 Å². The Morgan fingerprint density at radius 1 is 0.941 bits per heavy atom. The molecule has 0 saturated carbocycles. The van der Waals surface area contributed by atoms with E-state index in [1.807, 2.05) is 7.05 Å². The molecule has 0 aliphatic heterocycles. The molecule has 6 nitrogen and oxygen atoms in total. The number of hydrogen-bond acceptors (Lipinski definition) is 4. The fourth-order valence-electron chi connectivity index (χ4n) is 1.32. The second-order valence-corrected chi connectivity index (χ2v) is 3.85. The predicted molar refractivity (Wildman–Crippen MR) is 67.5 cm³/mol. The third-order valence-corrected chi connectivity index (χ3v) is 2.31. The van der Waals surface area contributed by atoms with Crippen molar-refractivity contribution in [3.63, 3.8) is 0 Å². The highest BCUT2D eigenvalue weighted by Gasteiger charge is 2.02. The maximum absolute atomic E-state index is 11.2. The molecule has 6 heteroatoms. The van der Waals surface area contributed by atoms with Crippen LogP contribution in [0.25, 0.3) is 0 Å². The Morgan fingerprint density at radius 3 is 2.18 bits per heavy atom. The first kappa shape index (κ1) is 15.9. The molecule has 0 aromatic rings. The van der Waals surface area contributed by atoms with Crippen molar-refractivity contribution in [3.8, 4) is 0 Å². The number of amides is 2. The van der Waals surface area contributed by atoms with Gasteiger partial charge in [-0.05, 0) is 26.4 Å². The zero-order valence-electron chi connectivity index (χ0n) is 10.6. The molecular weight excluding hydrogens is 220 g/mol. The molecule has 0 bridgehead atoms. The lowest BCUT2D eigenvalue weighted by Gasteiger charge is -2.06. The van der Waals surface area contributed by atoms with Gasteiger partial charge in [0.05, 0.1) is 13.1 Å². The molecule has 2 amide bonds. The van der Waals surface area contributed by atoms with Crippen molar-refractivity contribution in [2.75, 3.05) is 33.2 Å². The van der Waals surface area contributed by atoms with Gasteiger partial charge >= 0.3 is 0 Å². The number of carbonyl (C=O) groups excluding carboxylic acids is 2. The van der Waals surface area contributed by atoms with Crippen LogP contribution >= 0.6 is 0 Å². The van der Waals surface area contributed by atoms with Gasteiger partial charge in [-0.1, -0.05) is 12.8 Å². The molecule has 0 aliphatic rings. The summed E-state index contributed by atoms with van der Waals surface area (Å²) in [6, 6.07) is 0. The van der Waals surface area contributed by atoms with E-state index in [0.29, 0.717) is 6.54 Å². The van der Waals surface area contributed by atoms with Gasteiger partial charge in [0, 0.05) is 6.54 Å². The van der Waals surface area contributed by atoms with E-state index in [-0.39, 0.29) is 24.9 Å². The predicted octanol–water partition coefficient (Wildman–Crippen LogP) is -1.04. The number of rotatable bonds is 10. The lowest BCUT2D eigenvalue weighted by atomic mass is 10.2. The van der Waals surface area contributed by atoms with Crippen molar-refractivity contribution < 1.29 is 9.59 Å². The van der Waals surface area contributed by atoms with Gasteiger partial charge in [-0.15, -0.1) is 0 Å². The first-order valence-corrected chi connectivity index (χ1v) is 6.08. The molecule has 0 spiro atoms. The molecule has 0 aromatic carbocycles. The van der Waals surface area contributed by atoms with E-state index in [1.54, 1.807) is 0 Å². The summed E-state index contributed by atoms with van der Waals surface area (Å²) in [5.74, 6) is -0.478. The van der Waals surface area contributed by atoms with Crippen LogP contribution in [0.3, 0.4) is 0 Å². The van der Waals surface area contributed by atoms with Crippen LogP contribution in [0.4, 0.5) is 0 Å². The van der Waals surface area contributed by atoms with E-state index in [4.69, 9.17) is 5.73 Å². The maximum atomic E-state index is 11.2. The topological polar surface area (TPSA) is 96.2 Å². The lowest BCUT2D eigenvalue weighted by molar-refractivity contribution is -0.125. The highest BCUT2D eigenvalue weighted by molar-refractivity contribution is 5.85. The molecule has 0 aromatic heterocycles. The molecule has 0 radical (unpaired) electrons. The Hall–Kier alpha value is -1.14. The van der Waals surface area contributed by atoms with Gasteiger partial charge in [-0.2, -0.15) is 0 Å². The van der Waals surface area contributed by atoms with Crippen molar-refractivity contribution in [1.29, 1.82) is 0 Å². The molecular formula is C11H24N4O2. The zero-order chi connectivity index (χ0) is 12.9. The van der Waals surface area contributed by atoms with Crippen LogP contribution in [0.1, 0.15) is 25.7 Å². The van der Waals surface area contributed by atoms with Gasteiger partial charge in [0.2, 0.25) is 11.8 Å². The molecule has 17 heavy (non-hydrogen) atoms. The van der Waals surface area contributed by atoms with Crippen LogP contribution in [-0.2, 0) is 9.59 Å². The van der Waals surface area contributed by atoms with Gasteiger partial charge in [0.25, 0.3) is 0 Å². The molecule has 0 fully saturated rings. The van der Waals surface area contributed by atoms with Crippen molar-refractivity contribution in [2.24, 2.45) is 5.73 Å². The molecule has 0 heterocycles. The summed E-state index contributed by atoms with van der Waals surface area (Å²) in [5, 5.41) is 8.25. The van der Waals surface area contributed by atoms with Gasteiger partial charge in [-0.25, -0.2) is 0 Å². The van der Waals surface area contributed by atoms with E-state index in [2.05, 4.69) is 16.0 Å². The number of carbonyl (C=O) groups is 2. The van der Waals surface area contributed by atoms with Gasteiger partial charge in [0.15, 0.2) is 0 Å². The van der Waals surface area contributed by atoms with Gasteiger partial charge < -0.3 is 21.7 Å². The minimum Gasteiger partial charge on any atom is -0.355 e. The van der Waals surface area contributed by atoms with E-state index in [1.165, 1.54) is 6.42 Å². The molecule has 0 atom stereocenters. The Bertz CT molecular complexity index is 222. The first-order chi connectivity index (χ1) is 8.20. The molecule has 0 rings (SSSR count). The Labute approximate surface area is 103 Å². The average molecular weight is 244 g/mol. The van der Waals surface area contributed by atoms with Crippen LogP contribution in [0.5, 0.6) is 0 Å². The summed E-state index contributed by atoms with van der Waals surface area (Å²) in [4.78, 5) is 22.0. The molecule has 5 N–H and O–H groups in total. The van der Waals surface area contributed by atoms with Crippen LogP contribution in [0, 0.1) is 0 Å². The van der Waals surface area contributed by atoms with Gasteiger partial charge in [0.1, 0.15) is 0 Å². The van der Waals surface area contributed by atoms with Crippen LogP contribution in [0.15, 0.2) is 0 Å². The molecule has 0 unspecified atom stereocenters. The Kier molecular flexibility index (Phi) is 10.6. The summed E-state index contributed by atoms with van der Waals surface area (Å²) in [5.41, 5.74) is 5.09. The largest absolute Gasteiger partial charge is 0.355 e. The van der Waals surface area contributed by atoms with Crippen molar-refractivity contribution in [3.05, 3.63) is 0 Å². The van der Waals surface area contributed by atoms with Crippen molar-refractivity contribution >= 4 is 11.8 Å². The van der Waals surface area contributed by atoms with E-state index >= 15 is 0 Å². The zero-order valence-corrected chi connectivity index (χ0v) is 10.6. The monoisotopic (exact) mass is 244 g/mol. The average Bonchev–Trinajstić information content (AvgIpc) is 2.34. The van der Waals surface area contributed by atoms with Crippen molar-refractivity contribution in [2.45, 2.75) is 25.7 Å². The number of nitrogens with one attached hydrogen (secondary N) is 3. The third kappa shape index (κ3) is 11.1. The van der Waals surface area contributed by atoms with Crippen LogP contribution < -0.4 is 21.7 Å². The fraction of sp³-hybridized carbons (Fsp3) is 0.818. The third-order valence-electron chi connectivity index (χ3n) is 2.31. The van der Waals surface area contributed by atoms with E-state index in [0.717, 1.165) is 25.8 Å². The second-order valence-electron chi connectivity index (χ2n) is 3.85. The first-order valence-electron chi connectivity index (χ1n) is 6.08. The fourth-order valence-corrected chi connectivity index (χ4v) is 1.32. The SMILES string of the molecule is CNCCCCCCNC(=O)CNC(=O)CN. The summed E-state index contributed by atoms with van der Waals surface area (Å²) < 4.78 is 0. The Balaban J connectivity index is 3.25. The van der Waals surface area contributed by atoms with Gasteiger partial charge in [-0.3, -0.25) is 9.59 Å². The maximum Gasteiger partial charge on any atom is 0.239 e. The number of nitrogens with two attached hydrogens (primary N) is 1. The summed E-state index contributed by atoms with van der Waals surface area (Å²) >= 11 is 0. The number of unbranched alkanes of at least 4 members (excludes halogenated alkanes) is 3.